The van der Waals surface area contributed by atoms with Crippen molar-refractivity contribution < 1.29 is 0 Å². The summed E-state index contributed by atoms with van der Waals surface area (Å²) in [6, 6.07) is 0. The third-order valence-corrected chi connectivity index (χ3v) is 3.59. The summed E-state index contributed by atoms with van der Waals surface area (Å²) in [5.74, 6) is 0.885. The minimum absolute atomic E-state index is 0.113. The first-order chi connectivity index (χ1) is 8.08. The lowest BCUT2D eigenvalue weighted by Gasteiger charge is -2.32. The van der Waals surface area contributed by atoms with Gasteiger partial charge in [-0.15, -0.1) is 0 Å². The normalized spacial score (nSPS) is 19.1. The quantitative estimate of drug-likeness (QED) is 0.791. The van der Waals surface area contributed by atoms with Gasteiger partial charge in [-0.1, -0.05) is 0 Å². The Morgan fingerprint density at radius 3 is 2.94 bits per heavy atom. The maximum atomic E-state index is 5.96. The molecular formula is C11H14ClN5. The minimum atomic E-state index is 0.113. The summed E-state index contributed by atoms with van der Waals surface area (Å²) < 4.78 is 0. The molecule has 0 bridgehead atoms. The van der Waals surface area contributed by atoms with Crippen molar-refractivity contribution in [3.05, 3.63) is 11.5 Å². The maximum absolute atomic E-state index is 5.96. The SMILES string of the molecule is CC1(C)CCCN1c1nc(Cl)nc2[nH]ncc12. The Labute approximate surface area is 104 Å². The molecule has 1 aliphatic heterocycles. The number of aromatic nitrogens is 4. The summed E-state index contributed by atoms with van der Waals surface area (Å²) in [7, 11) is 0. The molecule has 0 unspecified atom stereocenters. The molecular weight excluding hydrogens is 238 g/mol. The molecule has 1 saturated heterocycles. The van der Waals surface area contributed by atoms with E-state index in [1.807, 2.05) is 0 Å². The molecule has 0 saturated carbocycles. The van der Waals surface area contributed by atoms with E-state index in [0.29, 0.717) is 5.65 Å². The van der Waals surface area contributed by atoms with Crippen LogP contribution in [0.15, 0.2) is 6.20 Å². The van der Waals surface area contributed by atoms with Crippen LogP contribution < -0.4 is 4.90 Å². The first-order valence-electron chi connectivity index (χ1n) is 5.72. The average Bonchev–Trinajstić information content (AvgIpc) is 2.82. The lowest BCUT2D eigenvalue weighted by molar-refractivity contribution is 0.515. The Morgan fingerprint density at radius 2 is 2.24 bits per heavy atom. The van der Waals surface area contributed by atoms with Crippen LogP contribution in [0.4, 0.5) is 5.82 Å². The van der Waals surface area contributed by atoms with Gasteiger partial charge in [-0.3, -0.25) is 5.10 Å². The fraction of sp³-hybridized carbons (Fsp3) is 0.545. The van der Waals surface area contributed by atoms with E-state index in [-0.39, 0.29) is 10.8 Å². The van der Waals surface area contributed by atoms with Crippen LogP contribution in [0.3, 0.4) is 0 Å². The lowest BCUT2D eigenvalue weighted by Crippen LogP contribution is -2.38. The first-order valence-corrected chi connectivity index (χ1v) is 6.10. The van der Waals surface area contributed by atoms with Gasteiger partial charge in [0.05, 0.1) is 11.6 Å². The van der Waals surface area contributed by atoms with Gasteiger partial charge in [0, 0.05) is 12.1 Å². The van der Waals surface area contributed by atoms with Crippen LogP contribution in [0.1, 0.15) is 26.7 Å². The maximum Gasteiger partial charge on any atom is 0.226 e. The Hall–Kier alpha value is -1.36. The van der Waals surface area contributed by atoms with Gasteiger partial charge in [0.15, 0.2) is 5.65 Å². The van der Waals surface area contributed by atoms with Gasteiger partial charge in [0.25, 0.3) is 0 Å². The van der Waals surface area contributed by atoms with Crippen LogP contribution in [-0.2, 0) is 0 Å². The summed E-state index contributed by atoms with van der Waals surface area (Å²) in [6.45, 7) is 5.45. The van der Waals surface area contributed by atoms with Gasteiger partial charge in [-0.25, -0.2) is 0 Å². The molecule has 0 amide bonds. The van der Waals surface area contributed by atoms with Gasteiger partial charge in [0.1, 0.15) is 5.82 Å². The predicted octanol–water partition coefficient (Wildman–Crippen LogP) is 2.39. The molecule has 17 heavy (non-hydrogen) atoms. The number of aromatic amines is 1. The third kappa shape index (κ3) is 1.65. The fourth-order valence-electron chi connectivity index (χ4n) is 2.50. The highest BCUT2D eigenvalue weighted by atomic mass is 35.5. The van der Waals surface area contributed by atoms with E-state index < -0.39 is 0 Å². The second kappa shape index (κ2) is 3.57. The highest BCUT2D eigenvalue weighted by Gasteiger charge is 2.34. The smallest absolute Gasteiger partial charge is 0.226 e. The van der Waals surface area contributed by atoms with Gasteiger partial charge in [0.2, 0.25) is 5.28 Å². The molecule has 6 heteroatoms. The largest absolute Gasteiger partial charge is 0.351 e. The molecule has 3 heterocycles. The number of nitrogens with zero attached hydrogens (tertiary/aromatic N) is 4. The van der Waals surface area contributed by atoms with Gasteiger partial charge in [-0.05, 0) is 38.3 Å². The fourth-order valence-corrected chi connectivity index (χ4v) is 2.66. The Bertz CT molecular complexity index is 562. The molecule has 0 spiro atoms. The summed E-state index contributed by atoms with van der Waals surface area (Å²) >= 11 is 5.96. The molecule has 90 valence electrons. The lowest BCUT2D eigenvalue weighted by atomic mass is 10.0. The molecule has 0 atom stereocenters. The number of fused-ring (bicyclic) bond motifs is 1. The van der Waals surface area contributed by atoms with Crippen molar-refractivity contribution in [3.8, 4) is 0 Å². The molecule has 5 nitrogen and oxygen atoms in total. The summed E-state index contributed by atoms with van der Waals surface area (Å²) in [6.07, 6.45) is 4.09. The van der Waals surface area contributed by atoms with Crippen molar-refractivity contribution in [2.45, 2.75) is 32.2 Å². The first kappa shape index (κ1) is 10.8. The van der Waals surface area contributed by atoms with Crippen molar-refractivity contribution in [1.29, 1.82) is 0 Å². The number of rotatable bonds is 1. The van der Waals surface area contributed by atoms with Gasteiger partial charge >= 0.3 is 0 Å². The Morgan fingerprint density at radius 1 is 1.41 bits per heavy atom. The Kier molecular flexibility index (Phi) is 2.26. The number of halogens is 1. The van der Waals surface area contributed by atoms with Crippen molar-refractivity contribution in [2.24, 2.45) is 0 Å². The molecule has 1 fully saturated rings. The molecule has 1 N–H and O–H groups in total. The minimum Gasteiger partial charge on any atom is -0.351 e. The van der Waals surface area contributed by atoms with Gasteiger partial charge < -0.3 is 4.90 Å². The standard InChI is InChI=1S/C11H14ClN5/c1-11(2)4-3-5-17(11)9-7-6-13-16-8(7)14-10(12)15-9/h6H,3-5H2,1-2H3,(H,13,14,15,16). The monoisotopic (exact) mass is 251 g/mol. The highest BCUT2D eigenvalue weighted by molar-refractivity contribution is 6.28. The molecule has 0 radical (unpaired) electrons. The summed E-state index contributed by atoms with van der Waals surface area (Å²) in [4.78, 5) is 10.8. The number of hydrogen-bond donors (Lipinski definition) is 1. The zero-order chi connectivity index (χ0) is 12.0. The van der Waals surface area contributed by atoms with E-state index in [4.69, 9.17) is 11.6 Å². The van der Waals surface area contributed by atoms with Gasteiger partial charge in [-0.2, -0.15) is 15.1 Å². The number of H-pyrrole nitrogens is 1. The Balaban J connectivity index is 2.19. The topological polar surface area (TPSA) is 57.7 Å². The van der Waals surface area contributed by atoms with Crippen LogP contribution in [0.2, 0.25) is 5.28 Å². The van der Waals surface area contributed by atoms with Crippen molar-refractivity contribution in [1.82, 2.24) is 20.2 Å². The zero-order valence-electron chi connectivity index (χ0n) is 9.87. The molecule has 0 aromatic carbocycles. The molecule has 3 rings (SSSR count). The number of anilines is 1. The highest BCUT2D eigenvalue weighted by Crippen LogP contribution is 2.35. The predicted molar refractivity (Wildman–Crippen MR) is 67.4 cm³/mol. The van der Waals surface area contributed by atoms with Crippen LogP contribution in [0.5, 0.6) is 0 Å². The van der Waals surface area contributed by atoms with Crippen molar-refractivity contribution >= 4 is 28.5 Å². The number of hydrogen-bond acceptors (Lipinski definition) is 4. The summed E-state index contributed by atoms with van der Waals surface area (Å²) in [5.41, 5.74) is 0.810. The second-order valence-electron chi connectivity index (χ2n) is 5.02. The molecule has 2 aromatic heterocycles. The van der Waals surface area contributed by atoms with Crippen molar-refractivity contribution in [3.63, 3.8) is 0 Å². The van der Waals surface area contributed by atoms with E-state index in [1.165, 1.54) is 6.42 Å². The number of nitrogens with one attached hydrogen (secondary N) is 1. The average molecular weight is 252 g/mol. The van der Waals surface area contributed by atoms with E-state index in [2.05, 4.69) is 38.9 Å². The van der Waals surface area contributed by atoms with Crippen molar-refractivity contribution in [2.75, 3.05) is 11.4 Å². The van der Waals surface area contributed by atoms with Crippen LogP contribution in [0.25, 0.3) is 11.0 Å². The van der Waals surface area contributed by atoms with Crippen LogP contribution >= 0.6 is 11.6 Å². The van der Waals surface area contributed by atoms with E-state index in [1.54, 1.807) is 6.20 Å². The van der Waals surface area contributed by atoms with Crippen LogP contribution in [0, 0.1) is 0 Å². The van der Waals surface area contributed by atoms with E-state index in [9.17, 15) is 0 Å². The van der Waals surface area contributed by atoms with Crippen LogP contribution in [-0.4, -0.2) is 32.2 Å². The molecule has 2 aromatic rings. The molecule has 1 aliphatic rings. The summed E-state index contributed by atoms with van der Waals surface area (Å²) in [5, 5.41) is 8.05. The third-order valence-electron chi connectivity index (χ3n) is 3.42. The zero-order valence-corrected chi connectivity index (χ0v) is 10.6. The molecule has 0 aliphatic carbocycles. The second-order valence-corrected chi connectivity index (χ2v) is 5.35. The van der Waals surface area contributed by atoms with E-state index >= 15 is 0 Å². The van der Waals surface area contributed by atoms with E-state index in [0.717, 1.165) is 24.2 Å².